The van der Waals surface area contributed by atoms with Crippen LogP contribution in [0.25, 0.3) is 0 Å². The molecule has 0 saturated carbocycles. The van der Waals surface area contributed by atoms with Gasteiger partial charge in [0.1, 0.15) is 16.9 Å². The molecule has 0 bridgehead atoms. The molecular formula is C8H9F3N2S. The average molecular weight is 222 g/mol. The minimum absolute atomic E-state index is 0.123. The molecule has 1 aromatic heterocycles. The summed E-state index contributed by atoms with van der Waals surface area (Å²) >= 11 is 4.74. The second-order valence-corrected chi connectivity index (χ2v) is 3.26. The van der Waals surface area contributed by atoms with E-state index in [2.05, 4.69) is 9.97 Å². The van der Waals surface area contributed by atoms with Crippen LogP contribution in [0.3, 0.4) is 0 Å². The van der Waals surface area contributed by atoms with Gasteiger partial charge in [0.05, 0.1) is 0 Å². The van der Waals surface area contributed by atoms with E-state index in [9.17, 15) is 13.2 Å². The van der Waals surface area contributed by atoms with E-state index in [1.54, 1.807) is 6.07 Å². The number of halogens is 3. The lowest BCUT2D eigenvalue weighted by Crippen LogP contribution is -2.14. The Morgan fingerprint density at radius 2 is 2.14 bits per heavy atom. The summed E-state index contributed by atoms with van der Waals surface area (Å²) in [7, 11) is 0. The van der Waals surface area contributed by atoms with Crippen molar-refractivity contribution in [3.05, 3.63) is 22.2 Å². The smallest absolute Gasteiger partial charge is 0.347 e. The zero-order chi connectivity index (χ0) is 10.8. The summed E-state index contributed by atoms with van der Waals surface area (Å²) in [5.41, 5.74) is 0.671. The molecule has 6 heteroatoms. The van der Waals surface area contributed by atoms with E-state index in [1.807, 2.05) is 6.92 Å². The Balaban J connectivity index is 2.98. The van der Waals surface area contributed by atoms with Crippen molar-refractivity contribution in [2.24, 2.45) is 0 Å². The highest BCUT2D eigenvalue weighted by Crippen LogP contribution is 2.19. The topological polar surface area (TPSA) is 28.7 Å². The van der Waals surface area contributed by atoms with Crippen LogP contribution < -0.4 is 0 Å². The number of nitrogens with zero attached hydrogens (tertiary/aromatic N) is 1. The summed E-state index contributed by atoms with van der Waals surface area (Å²) in [6.07, 6.45) is -4.71. The summed E-state index contributed by atoms with van der Waals surface area (Å²) < 4.78 is 36.2. The van der Waals surface area contributed by atoms with Crippen LogP contribution in [-0.2, 0) is 12.8 Å². The predicted octanol–water partition coefficient (Wildman–Crippen LogP) is 2.81. The number of hydrogen-bond donors (Lipinski definition) is 1. The minimum Gasteiger partial charge on any atom is -0.347 e. The average Bonchev–Trinajstić information content (AvgIpc) is 1.99. The molecule has 1 aromatic rings. The normalized spacial score (nSPS) is 11.7. The highest BCUT2D eigenvalue weighted by Gasteiger charge is 2.28. The molecule has 0 fully saturated rings. The molecule has 0 aliphatic rings. The molecule has 0 aliphatic heterocycles. The summed E-state index contributed by atoms with van der Waals surface area (Å²) in [5, 5.41) is 0. The first-order valence-corrected chi connectivity index (χ1v) is 4.47. The van der Waals surface area contributed by atoms with Gasteiger partial charge in [0.15, 0.2) is 0 Å². The number of aryl methyl sites for hydroxylation is 1. The maximum Gasteiger partial charge on any atom is 0.396 e. The Hall–Kier alpha value is -0.910. The molecular weight excluding hydrogens is 213 g/mol. The molecule has 0 amide bonds. The quantitative estimate of drug-likeness (QED) is 0.779. The van der Waals surface area contributed by atoms with Gasteiger partial charge < -0.3 is 4.98 Å². The zero-order valence-electron chi connectivity index (χ0n) is 7.48. The van der Waals surface area contributed by atoms with Crippen molar-refractivity contribution in [2.75, 3.05) is 0 Å². The van der Waals surface area contributed by atoms with Crippen molar-refractivity contribution in [2.45, 2.75) is 25.9 Å². The van der Waals surface area contributed by atoms with E-state index in [0.717, 1.165) is 0 Å². The molecule has 78 valence electrons. The lowest BCUT2D eigenvalue weighted by Gasteiger charge is -2.06. The fourth-order valence-electron chi connectivity index (χ4n) is 1.03. The summed E-state index contributed by atoms with van der Waals surface area (Å²) in [4.78, 5) is 6.20. The van der Waals surface area contributed by atoms with Crippen molar-refractivity contribution in [3.8, 4) is 0 Å². The number of rotatable bonds is 2. The molecule has 0 aliphatic carbocycles. The van der Waals surface area contributed by atoms with Gasteiger partial charge in [-0.2, -0.15) is 13.2 Å². The van der Waals surface area contributed by atoms with Crippen molar-refractivity contribution >= 4 is 12.2 Å². The maximum atomic E-state index is 12.0. The number of nitrogens with one attached hydrogen (secondary N) is 1. The van der Waals surface area contributed by atoms with Gasteiger partial charge in [0, 0.05) is 5.69 Å². The third kappa shape index (κ3) is 3.45. The first kappa shape index (κ1) is 11.2. The van der Waals surface area contributed by atoms with Gasteiger partial charge in [-0.15, -0.1) is 0 Å². The van der Waals surface area contributed by atoms with Gasteiger partial charge in [-0.3, -0.25) is 0 Å². The molecule has 2 nitrogen and oxygen atoms in total. The molecule has 0 saturated heterocycles. The number of hydrogen-bond acceptors (Lipinski definition) is 2. The van der Waals surface area contributed by atoms with Crippen LogP contribution >= 0.6 is 12.2 Å². The van der Waals surface area contributed by atoms with Gasteiger partial charge >= 0.3 is 6.18 Å². The number of aromatic amines is 1. The van der Waals surface area contributed by atoms with E-state index in [4.69, 9.17) is 12.2 Å². The van der Waals surface area contributed by atoms with Gasteiger partial charge in [0.25, 0.3) is 0 Å². The second kappa shape index (κ2) is 4.08. The summed E-state index contributed by atoms with van der Waals surface area (Å²) in [5.74, 6) is -0.123. The Labute approximate surface area is 84.2 Å². The van der Waals surface area contributed by atoms with Crippen LogP contribution in [0.5, 0.6) is 0 Å². The van der Waals surface area contributed by atoms with Crippen LogP contribution in [0.4, 0.5) is 13.2 Å². The van der Waals surface area contributed by atoms with Crippen molar-refractivity contribution in [1.82, 2.24) is 9.97 Å². The van der Waals surface area contributed by atoms with Crippen molar-refractivity contribution < 1.29 is 13.2 Å². The maximum absolute atomic E-state index is 12.0. The zero-order valence-corrected chi connectivity index (χ0v) is 8.30. The SMILES string of the molecule is CCc1cc(=S)nc(CC(F)(F)F)[nH]1. The number of aromatic nitrogens is 2. The van der Waals surface area contributed by atoms with Gasteiger partial charge in [-0.1, -0.05) is 19.1 Å². The molecule has 1 N–H and O–H groups in total. The van der Waals surface area contributed by atoms with Crippen LogP contribution in [0.1, 0.15) is 18.4 Å². The Morgan fingerprint density at radius 3 is 2.64 bits per heavy atom. The van der Waals surface area contributed by atoms with Crippen LogP contribution in [-0.4, -0.2) is 16.1 Å². The van der Waals surface area contributed by atoms with Crippen LogP contribution in [0, 0.1) is 4.64 Å². The third-order valence-electron chi connectivity index (χ3n) is 1.60. The standard InChI is InChI=1S/C8H9F3N2S/c1-2-5-3-7(14)13-6(12-5)4-8(9,10)11/h3H,2,4H2,1H3,(H,12,13,14). The monoisotopic (exact) mass is 222 g/mol. The third-order valence-corrected chi connectivity index (χ3v) is 1.81. The van der Waals surface area contributed by atoms with Crippen LogP contribution in [0.15, 0.2) is 6.07 Å². The fourth-order valence-corrected chi connectivity index (χ4v) is 1.28. The predicted molar refractivity (Wildman–Crippen MR) is 48.6 cm³/mol. The first-order chi connectivity index (χ1) is 6.40. The summed E-state index contributed by atoms with van der Waals surface area (Å²) in [6, 6.07) is 1.56. The van der Waals surface area contributed by atoms with E-state index in [0.29, 0.717) is 12.1 Å². The van der Waals surface area contributed by atoms with Crippen molar-refractivity contribution in [1.29, 1.82) is 0 Å². The Morgan fingerprint density at radius 1 is 1.50 bits per heavy atom. The fraction of sp³-hybridized carbons (Fsp3) is 0.500. The highest BCUT2D eigenvalue weighted by atomic mass is 32.1. The second-order valence-electron chi connectivity index (χ2n) is 2.84. The molecule has 0 unspecified atom stereocenters. The van der Waals surface area contributed by atoms with Gasteiger partial charge in [-0.05, 0) is 12.5 Å². The molecule has 14 heavy (non-hydrogen) atoms. The Bertz CT molecular complexity index is 370. The highest BCUT2D eigenvalue weighted by molar-refractivity contribution is 7.71. The summed E-state index contributed by atoms with van der Waals surface area (Å²) in [6.45, 7) is 1.83. The van der Waals surface area contributed by atoms with Crippen LogP contribution in [0.2, 0.25) is 0 Å². The van der Waals surface area contributed by atoms with E-state index in [1.165, 1.54) is 0 Å². The number of alkyl halides is 3. The van der Waals surface area contributed by atoms with Crippen molar-refractivity contribution in [3.63, 3.8) is 0 Å². The lowest BCUT2D eigenvalue weighted by molar-refractivity contribution is -0.128. The molecule has 1 heterocycles. The van der Waals surface area contributed by atoms with E-state index >= 15 is 0 Å². The molecule has 0 aromatic carbocycles. The van der Waals surface area contributed by atoms with E-state index in [-0.39, 0.29) is 10.5 Å². The molecule has 1 rings (SSSR count). The minimum atomic E-state index is -4.25. The first-order valence-electron chi connectivity index (χ1n) is 4.06. The van der Waals surface area contributed by atoms with E-state index < -0.39 is 12.6 Å². The lowest BCUT2D eigenvalue weighted by atomic mass is 10.3. The Kier molecular flexibility index (Phi) is 3.25. The molecule has 0 spiro atoms. The molecule has 0 atom stereocenters. The molecule has 0 radical (unpaired) electrons. The largest absolute Gasteiger partial charge is 0.396 e. The number of H-pyrrole nitrogens is 1. The van der Waals surface area contributed by atoms with Gasteiger partial charge in [-0.25, -0.2) is 4.98 Å². The van der Waals surface area contributed by atoms with Gasteiger partial charge in [0.2, 0.25) is 0 Å².